The maximum absolute atomic E-state index is 10.6. The largest absolute Gasteiger partial charge is 0.487 e. The molecule has 0 spiro atoms. The minimum Gasteiger partial charge on any atom is -0.487 e. The number of ether oxygens (including phenoxy) is 1. The highest BCUT2D eigenvalue weighted by molar-refractivity contribution is 9.10. The molecule has 0 saturated heterocycles. The van der Waals surface area contributed by atoms with Crippen LogP contribution in [0.5, 0.6) is 5.75 Å². The number of carbonyl (C=O) groups is 1. The summed E-state index contributed by atoms with van der Waals surface area (Å²) in [5, 5.41) is 9.37. The van der Waals surface area contributed by atoms with Crippen LogP contribution < -0.4 is 4.74 Å². The third-order valence-corrected chi connectivity index (χ3v) is 3.53. The van der Waals surface area contributed by atoms with Crippen LogP contribution >= 0.6 is 27.5 Å². The second-order valence-electron chi connectivity index (χ2n) is 4.25. The van der Waals surface area contributed by atoms with Gasteiger partial charge in [0.2, 0.25) is 0 Å². The molecule has 0 aliphatic rings. The normalized spacial score (nSPS) is 10.8. The van der Waals surface area contributed by atoms with Crippen LogP contribution in [0.25, 0.3) is 6.08 Å². The van der Waals surface area contributed by atoms with E-state index in [-0.39, 0.29) is 0 Å². The van der Waals surface area contributed by atoms with Crippen LogP contribution in [0.1, 0.15) is 11.1 Å². The van der Waals surface area contributed by atoms with Gasteiger partial charge >= 0.3 is 5.97 Å². The van der Waals surface area contributed by atoms with Crippen molar-refractivity contribution >= 4 is 39.6 Å². The first-order chi connectivity index (χ1) is 10.1. The van der Waals surface area contributed by atoms with Gasteiger partial charge < -0.3 is 9.84 Å². The van der Waals surface area contributed by atoms with Crippen LogP contribution in [0.4, 0.5) is 0 Å². The molecule has 0 heterocycles. The van der Waals surface area contributed by atoms with Crippen molar-refractivity contribution in [3.05, 3.63) is 69.2 Å². The van der Waals surface area contributed by atoms with E-state index in [0.29, 0.717) is 22.9 Å². The lowest BCUT2D eigenvalue weighted by molar-refractivity contribution is -0.131. The molecule has 0 aromatic heterocycles. The Kier molecular flexibility index (Phi) is 5.42. The van der Waals surface area contributed by atoms with E-state index < -0.39 is 5.97 Å². The molecule has 2 aromatic rings. The van der Waals surface area contributed by atoms with Gasteiger partial charge in [0.1, 0.15) is 12.4 Å². The molecular weight excluding hydrogens is 356 g/mol. The average molecular weight is 368 g/mol. The van der Waals surface area contributed by atoms with E-state index >= 15 is 0 Å². The summed E-state index contributed by atoms with van der Waals surface area (Å²) in [6.45, 7) is 0.344. The van der Waals surface area contributed by atoms with E-state index in [9.17, 15) is 4.79 Å². The Morgan fingerprint density at radius 2 is 2.05 bits per heavy atom. The lowest BCUT2D eigenvalue weighted by atomic mass is 10.2. The van der Waals surface area contributed by atoms with Crippen LogP contribution in [-0.2, 0) is 11.4 Å². The number of rotatable bonds is 5. The van der Waals surface area contributed by atoms with Crippen molar-refractivity contribution in [1.82, 2.24) is 0 Å². The fourth-order valence-electron chi connectivity index (χ4n) is 1.75. The predicted octanol–water partition coefficient (Wildman–Crippen LogP) is 4.78. The van der Waals surface area contributed by atoms with E-state index in [1.807, 2.05) is 30.3 Å². The molecule has 0 saturated carbocycles. The Balaban J connectivity index is 2.20. The Labute approximate surface area is 135 Å². The SMILES string of the molecule is O=C(O)C=Cc1cccc(Br)c1OCc1cccc(Cl)c1. The molecule has 0 unspecified atom stereocenters. The fraction of sp³-hybridized carbons (Fsp3) is 0.0625. The zero-order valence-corrected chi connectivity index (χ0v) is 13.3. The van der Waals surface area contributed by atoms with E-state index in [4.69, 9.17) is 21.4 Å². The van der Waals surface area contributed by atoms with Crippen molar-refractivity contribution in [2.45, 2.75) is 6.61 Å². The molecule has 0 radical (unpaired) electrons. The third kappa shape index (κ3) is 4.62. The highest BCUT2D eigenvalue weighted by atomic mass is 79.9. The Morgan fingerprint density at radius 1 is 1.29 bits per heavy atom. The summed E-state index contributed by atoms with van der Waals surface area (Å²) < 4.78 is 6.55. The first kappa shape index (κ1) is 15.6. The van der Waals surface area contributed by atoms with Gasteiger partial charge in [-0.05, 0) is 45.8 Å². The van der Waals surface area contributed by atoms with E-state index in [2.05, 4.69) is 15.9 Å². The molecule has 0 bridgehead atoms. The van der Waals surface area contributed by atoms with E-state index in [1.165, 1.54) is 6.08 Å². The third-order valence-electron chi connectivity index (χ3n) is 2.68. The van der Waals surface area contributed by atoms with Gasteiger partial charge in [0.15, 0.2) is 0 Å². The maximum atomic E-state index is 10.6. The predicted molar refractivity (Wildman–Crippen MR) is 86.6 cm³/mol. The monoisotopic (exact) mass is 366 g/mol. The number of carboxylic acids is 1. The Hall–Kier alpha value is -1.78. The first-order valence-electron chi connectivity index (χ1n) is 6.13. The standard InChI is InChI=1S/C16H12BrClO3/c17-14-6-2-4-12(7-8-15(19)20)16(14)21-10-11-3-1-5-13(18)9-11/h1-9H,10H2,(H,19,20). The summed E-state index contributed by atoms with van der Waals surface area (Å²) in [5.74, 6) is -0.411. The van der Waals surface area contributed by atoms with E-state index in [1.54, 1.807) is 12.1 Å². The fourth-order valence-corrected chi connectivity index (χ4v) is 2.46. The Morgan fingerprint density at radius 3 is 2.76 bits per heavy atom. The molecule has 2 rings (SSSR count). The zero-order chi connectivity index (χ0) is 15.2. The lowest BCUT2D eigenvalue weighted by Crippen LogP contribution is -1.98. The molecule has 5 heteroatoms. The number of halogens is 2. The number of hydrogen-bond acceptors (Lipinski definition) is 2. The summed E-state index contributed by atoms with van der Waals surface area (Å²) in [6, 6.07) is 12.8. The van der Waals surface area contributed by atoms with Gasteiger partial charge in [0, 0.05) is 16.7 Å². The van der Waals surface area contributed by atoms with Gasteiger partial charge in [-0.1, -0.05) is 35.9 Å². The molecule has 1 N–H and O–H groups in total. The van der Waals surface area contributed by atoms with E-state index in [0.717, 1.165) is 16.1 Å². The molecule has 0 fully saturated rings. The molecule has 3 nitrogen and oxygen atoms in total. The van der Waals surface area contributed by atoms with Crippen molar-refractivity contribution in [2.24, 2.45) is 0 Å². The summed E-state index contributed by atoms with van der Waals surface area (Å²) in [5.41, 5.74) is 1.63. The van der Waals surface area contributed by atoms with Crippen molar-refractivity contribution in [3.8, 4) is 5.75 Å². The van der Waals surface area contributed by atoms with Gasteiger partial charge in [0.25, 0.3) is 0 Å². The quantitative estimate of drug-likeness (QED) is 0.774. The molecular formula is C16H12BrClO3. The van der Waals surface area contributed by atoms with Gasteiger partial charge in [-0.15, -0.1) is 0 Å². The van der Waals surface area contributed by atoms with Gasteiger partial charge in [-0.2, -0.15) is 0 Å². The minimum absolute atomic E-state index is 0.344. The van der Waals surface area contributed by atoms with Crippen LogP contribution in [0.15, 0.2) is 53.0 Å². The average Bonchev–Trinajstić information content (AvgIpc) is 2.44. The van der Waals surface area contributed by atoms with Gasteiger partial charge in [-0.3, -0.25) is 0 Å². The Bertz CT molecular complexity index is 683. The number of benzene rings is 2. The van der Waals surface area contributed by atoms with Crippen LogP contribution in [0.2, 0.25) is 5.02 Å². The zero-order valence-electron chi connectivity index (χ0n) is 10.9. The summed E-state index contributed by atoms with van der Waals surface area (Å²) in [4.78, 5) is 10.6. The molecule has 0 atom stereocenters. The number of para-hydroxylation sites is 1. The highest BCUT2D eigenvalue weighted by Crippen LogP contribution is 2.31. The molecule has 108 valence electrons. The van der Waals surface area contributed by atoms with Crippen molar-refractivity contribution in [2.75, 3.05) is 0 Å². The number of aliphatic carboxylic acids is 1. The molecule has 0 amide bonds. The highest BCUT2D eigenvalue weighted by Gasteiger charge is 2.07. The minimum atomic E-state index is -1.00. The summed E-state index contributed by atoms with van der Waals surface area (Å²) >= 11 is 9.34. The van der Waals surface area contributed by atoms with Crippen molar-refractivity contribution in [1.29, 1.82) is 0 Å². The first-order valence-corrected chi connectivity index (χ1v) is 7.30. The maximum Gasteiger partial charge on any atom is 0.328 e. The summed E-state index contributed by atoms with van der Waals surface area (Å²) in [7, 11) is 0. The topological polar surface area (TPSA) is 46.5 Å². The van der Waals surface area contributed by atoms with Crippen LogP contribution in [0.3, 0.4) is 0 Å². The second kappa shape index (κ2) is 7.29. The smallest absolute Gasteiger partial charge is 0.328 e. The van der Waals surface area contributed by atoms with Crippen LogP contribution in [0, 0.1) is 0 Å². The second-order valence-corrected chi connectivity index (χ2v) is 5.54. The lowest BCUT2D eigenvalue weighted by Gasteiger charge is -2.11. The molecule has 0 aliphatic heterocycles. The molecule has 21 heavy (non-hydrogen) atoms. The number of carboxylic acid groups (broad SMARTS) is 1. The molecule has 0 aliphatic carbocycles. The molecule has 2 aromatic carbocycles. The van der Waals surface area contributed by atoms with Crippen molar-refractivity contribution < 1.29 is 14.6 Å². The van der Waals surface area contributed by atoms with Gasteiger partial charge in [-0.25, -0.2) is 4.79 Å². The van der Waals surface area contributed by atoms with Gasteiger partial charge in [0.05, 0.1) is 4.47 Å². The van der Waals surface area contributed by atoms with Crippen molar-refractivity contribution in [3.63, 3.8) is 0 Å². The van der Waals surface area contributed by atoms with Crippen LogP contribution in [-0.4, -0.2) is 11.1 Å². The summed E-state index contributed by atoms with van der Waals surface area (Å²) in [6.07, 6.45) is 2.58. The number of hydrogen-bond donors (Lipinski definition) is 1.